The van der Waals surface area contributed by atoms with E-state index in [4.69, 9.17) is 11.6 Å². The van der Waals surface area contributed by atoms with Crippen LogP contribution >= 0.6 is 11.6 Å². The SMILES string of the molecule is O=S(=O)(Cc1ccccc1Cl)N1CC[C@H](O)C1. The first-order valence-electron chi connectivity index (χ1n) is 5.38. The van der Waals surface area contributed by atoms with Gasteiger partial charge in [-0.1, -0.05) is 29.8 Å². The van der Waals surface area contributed by atoms with Crippen LogP contribution in [0.25, 0.3) is 0 Å². The van der Waals surface area contributed by atoms with Crippen LogP contribution in [0.3, 0.4) is 0 Å². The summed E-state index contributed by atoms with van der Waals surface area (Å²) in [5.41, 5.74) is 0.593. The fourth-order valence-electron chi connectivity index (χ4n) is 1.87. The lowest BCUT2D eigenvalue weighted by Crippen LogP contribution is -2.30. The highest BCUT2D eigenvalue weighted by Gasteiger charge is 2.30. The summed E-state index contributed by atoms with van der Waals surface area (Å²) in [6.07, 6.45) is -0.0436. The second kappa shape index (κ2) is 4.94. The molecule has 0 aliphatic carbocycles. The first-order chi connectivity index (χ1) is 7.99. The van der Waals surface area contributed by atoms with Gasteiger partial charge in [0.05, 0.1) is 11.9 Å². The molecule has 1 aromatic carbocycles. The summed E-state index contributed by atoms with van der Waals surface area (Å²) < 4.78 is 25.4. The van der Waals surface area contributed by atoms with Crippen molar-refractivity contribution in [3.63, 3.8) is 0 Å². The minimum absolute atomic E-state index is 0.112. The first-order valence-corrected chi connectivity index (χ1v) is 7.37. The Hall–Kier alpha value is -0.620. The van der Waals surface area contributed by atoms with Crippen LogP contribution in [0, 0.1) is 0 Å². The zero-order valence-electron chi connectivity index (χ0n) is 9.21. The summed E-state index contributed by atoms with van der Waals surface area (Å²) >= 11 is 5.93. The number of nitrogens with zero attached hydrogens (tertiary/aromatic N) is 1. The Morgan fingerprint density at radius 2 is 2.12 bits per heavy atom. The molecule has 1 heterocycles. The van der Waals surface area contributed by atoms with Gasteiger partial charge in [-0.2, -0.15) is 4.31 Å². The summed E-state index contributed by atoms with van der Waals surface area (Å²) in [6.45, 7) is 0.570. The molecule has 17 heavy (non-hydrogen) atoms. The number of benzene rings is 1. The Kier molecular flexibility index (Phi) is 3.73. The molecule has 0 saturated carbocycles. The van der Waals surface area contributed by atoms with Crippen LogP contribution in [0.5, 0.6) is 0 Å². The molecule has 0 aromatic heterocycles. The highest BCUT2D eigenvalue weighted by atomic mass is 35.5. The zero-order valence-corrected chi connectivity index (χ0v) is 10.8. The van der Waals surface area contributed by atoms with Crippen LogP contribution in [-0.4, -0.2) is 37.0 Å². The van der Waals surface area contributed by atoms with E-state index in [0.29, 0.717) is 23.6 Å². The number of aliphatic hydroxyl groups is 1. The Balaban J connectivity index is 2.15. The molecule has 1 aromatic rings. The fourth-order valence-corrected chi connectivity index (χ4v) is 3.76. The number of sulfonamides is 1. The summed E-state index contributed by atoms with van der Waals surface area (Å²) in [7, 11) is -3.38. The number of hydrogen-bond donors (Lipinski definition) is 1. The third-order valence-corrected chi connectivity index (χ3v) is 4.98. The lowest BCUT2D eigenvalue weighted by atomic mass is 10.2. The van der Waals surface area contributed by atoms with Crippen molar-refractivity contribution < 1.29 is 13.5 Å². The highest BCUT2D eigenvalue weighted by molar-refractivity contribution is 7.88. The number of β-amino-alcohol motifs (C(OH)–C–C–N with tert-alkyl or cyclic N) is 1. The molecule has 1 atom stereocenters. The van der Waals surface area contributed by atoms with Crippen molar-refractivity contribution in [1.29, 1.82) is 0 Å². The van der Waals surface area contributed by atoms with E-state index in [1.165, 1.54) is 4.31 Å². The minimum atomic E-state index is -3.38. The molecule has 94 valence electrons. The monoisotopic (exact) mass is 275 g/mol. The van der Waals surface area contributed by atoms with E-state index in [9.17, 15) is 13.5 Å². The second-order valence-electron chi connectivity index (χ2n) is 4.15. The third-order valence-electron chi connectivity index (χ3n) is 2.82. The van der Waals surface area contributed by atoms with Gasteiger partial charge in [0.15, 0.2) is 0 Å². The number of halogens is 1. The lowest BCUT2D eigenvalue weighted by Gasteiger charge is -2.16. The van der Waals surface area contributed by atoms with Crippen LogP contribution in [0.4, 0.5) is 0 Å². The number of rotatable bonds is 3. The fraction of sp³-hybridized carbons (Fsp3) is 0.455. The number of aliphatic hydroxyl groups excluding tert-OH is 1. The molecule has 0 radical (unpaired) electrons. The predicted octanol–water partition coefficient (Wildman–Crippen LogP) is 1.24. The van der Waals surface area contributed by atoms with Gasteiger partial charge >= 0.3 is 0 Å². The number of hydrogen-bond acceptors (Lipinski definition) is 3. The van der Waals surface area contributed by atoms with Crippen molar-refractivity contribution in [3.05, 3.63) is 34.9 Å². The maximum Gasteiger partial charge on any atom is 0.218 e. The standard InChI is InChI=1S/C11H14ClNO3S/c12-11-4-2-1-3-9(11)8-17(15,16)13-6-5-10(14)7-13/h1-4,10,14H,5-8H2/t10-/m0/s1. The van der Waals surface area contributed by atoms with Gasteiger partial charge in [-0.05, 0) is 18.1 Å². The minimum Gasteiger partial charge on any atom is -0.392 e. The van der Waals surface area contributed by atoms with Crippen molar-refractivity contribution in [2.45, 2.75) is 18.3 Å². The third kappa shape index (κ3) is 2.98. The molecular formula is C11H14ClNO3S. The van der Waals surface area contributed by atoms with Crippen LogP contribution < -0.4 is 0 Å². The second-order valence-corrected chi connectivity index (χ2v) is 6.52. The molecule has 1 fully saturated rings. The smallest absolute Gasteiger partial charge is 0.218 e. The van der Waals surface area contributed by atoms with Crippen LogP contribution in [0.1, 0.15) is 12.0 Å². The molecule has 0 unspecified atom stereocenters. The maximum atomic E-state index is 12.1. The molecule has 1 saturated heterocycles. The summed E-state index contributed by atoms with van der Waals surface area (Å²) in [5.74, 6) is -0.112. The van der Waals surface area contributed by atoms with Crippen molar-refractivity contribution >= 4 is 21.6 Å². The molecule has 0 bridgehead atoms. The summed E-state index contributed by atoms with van der Waals surface area (Å²) in [6, 6.07) is 6.89. The van der Waals surface area contributed by atoms with Crippen LogP contribution in [0.15, 0.2) is 24.3 Å². The van der Waals surface area contributed by atoms with Gasteiger partial charge in [-0.15, -0.1) is 0 Å². The molecule has 2 rings (SSSR count). The van der Waals surface area contributed by atoms with Crippen LogP contribution in [0.2, 0.25) is 5.02 Å². The van der Waals surface area contributed by atoms with Gasteiger partial charge in [0.25, 0.3) is 0 Å². The Labute approximate surface area is 106 Å². The maximum absolute atomic E-state index is 12.1. The summed E-state index contributed by atoms with van der Waals surface area (Å²) in [5, 5.41) is 9.81. The van der Waals surface area contributed by atoms with Crippen molar-refractivity contribution in [2.75, 3.05) is 13.1 Å². The topological polar surface area (TPSA) is 57.6 Å². The molecule has 6 heteroatoms. The van der Waals surface area contributed by atoms with Gasteiger partial charge in [-0.25, -0.2) is 8.42 Å². The largest absolute Gasteiger partial charge is 0.392 e. The van der Waals surface area contributed by atoms with Gasteiger partial charge in [0.1, 0.15) is 0 Å². The quantitative estimate of drug-likeness (QED) is 0.903. The van der Waals surface area contributed by atoms with E-state index < -0.39 is 16.1 Å². The highest BCUT2D eigenvalue weighted by Crippen LogP contribution is 2.22. The average Bonchev–Trinajstić information content (AvgIpc) is 2.69. The average molecular weight is 276 g/mol. The van der Waals surface area contributed by atoms with Crippen molar-refractivity contribution in [2.24, 2.45) is 0 Å². The molecule has 0 spiro atoms. The Morgan fingerprint density at radius 3 is 2.71 bits per heavy atom. The lowest BCUT2D eigenvalue weighted by molar-refractivity contribution is 0.189. The Morgan fingerprint density at radius 1 is 1.41 bits per heavy atom. The molecule has 1 N–H and O–H groups in total. The normalized spacial score (nSPS) is 21.9. The van der Waals surface area contributed by atoms with Crippen molar-refractivity contribution in [1.82, 2.24) is 4.31 Å². The van der Waals surface area contributed by atoms with Gasteiger partial charge in [0.2, 0.25) is 10.0 Å². The van der Waals surface area contributed by atoms with E-state index in [1.807, 2.05) is 0 Å². The van der Waals surface area contributed by atoms with Crippen LogP contribution in [-0.2, 0) is 15.8 Å². The van der Waals surface area contributed by atoms with Gasteiger partial charge in [-0.3, -0.25) is 0 Å². The van der Waals surface area contributed by atoms with E-state index in [0.717, 1.165) is 0 Å². The molecular weight excluding hydrogens is 262 g/mol. The predicted molar refractivity (Wildman–Crippen MR) is 66.3 cm³/mol. The van der Waals surface area contributed by atoms with Gasteiger partial charge in [0, 0.05) is 18.1 Å². The molecule has 0 amide bonds. The van der Waals surface area contributed by atoms with Crippen molar-refractivity contribution in [3.8, 4) is 0 Å². The van der Waals surface area contributed by atoms with E-state index >= 15 is 0 Å². The Bertz CT molecular complexity index is 503. The first kappa shape index (κ1) is 12.8. The summed E-state index contributed by atoms with van der Waals surface area (Å²) in [4.78, 5) is 0. The van der Waals surface area contributed by atoms with E-state index in [1.54, 1.807) is 24.3 Å². The molecule has 1 aliphatic heterocycles. The van der Waals surface area contributed by atoms with Gasteiger partial charge < -0.3 is 5.11 Å². The molecule has 4 nitrogen and oxygen atoms in total. The molecule has 1 aliphatic rings. The zero-order chi connectivity index (χ0) is 12.5. The van der Waals surface area contributed by atoms with E-state index in [2.05, 4.69) is 0 Å². The van der Waals surface area contributed by atoms with E-state index in [-0.39, 0.29) is 12.3 Å².